The minimum absolute atomic E-state index is 0.136. The van der Waals surface area contributed by atoms with Crippen LogP contribution in [0.2, 0.25) is 0 Å². The Kier molecular flexibility index (Phi) is 5.62. The number of hydrogen-bond acceptors (Lipinski definition) is 4. The number of rotatable bonds is 6. The number of carbonyl (C=O) groups is 1. The lowest BCUT2D eigenvalue weighted by atomic mass is 10.2. The standard InChI is InChI=1S/C23H19BrN2O3/c1-15-20(26-23(28-15)17-5-3-2-4-6-17)13-22(27)25-14-19-11-12-21(29-19)16-7-9-18(24)10-8-16/h2-12H,13-14H2,1H3,(H,25,27). The van der Waals surface area contributed by atoms with Crippen LogP contribution in [-0.2, 0) is 17.8 Å². The summed E-state index contributed by atoms with van der Waals surface area (Å²) in [7, 11) is 0. The quantitative estimate of drug-likeness (QED) is 0.419. The summed E-state index contributed by atoms with van der Waals surface area (Å²) in [6.07, 6.45) is 0.155. The predicted molar refractivity (Wildman–Crippen MR) is 114 cm³/mol. The van der Waals surface area contributed by atoms with Gasteiger partial charge in [-0.15, -0.1) is 0 Å². The molecule has 4 aromatic rings. The molecule has 0 spiro atoms. The molecule has 1 amide bonds. The second kappa shape index (κ2) is 8.49. The van der Waals surface area contributed by atoms with Crippen LogP contribution in [0.25, 0.3) is 22.8 Å². The summed E-state index contributed by atoms with van der Waals surface area (Å²) in [6.45, 7) is 2.14. The molecule has 0 bridgehead atoms. The van der Waals surface area contributed by atoms with Crippen LogP contribution in [0.1, 0.15) is 17.2 Å². The highest BCUT2D eigenvalue weighted by molar-refractivity contribution is 9.10. The molecule has 0 radical (unpaired) electrons. The molecule has 0 aliphatic carbocycles. The van der Waals surface area contributed by atoms with Crippen molar-refractivity contribution in [2.75, 3.05) is 0 Å². The number of halogens is 1. The molecular formula is C23H19BrN2O3. The number of nitrogens with zero attached hydrogens (tertiary/aromatic N) is 1. The maximum Gasteiger partial charge on any atom is 0.226 e. The van der Waals surface area contributed by atoms with Crippen molar-refractivity contribution in [1.29, 1.82) is 0 Å². The molecule has 0 saturated heterocycles. The second-order valence-corrected chi connectivity index (χ2v) is 7.53. The van der Waals surface area contributed by atoms with Crippen LogP contribution >= 0.6 is 15.9 Å². The highest BCUT2D eigenvalue weighted by Crippen LogP contribution is 2.24. The van der Waals surface area contributed by atoms with E-state index in [0.717, 1.165) is 21.4 Å². The zero-order chi connectivity index (χ0) is 20.2. The van der Waals surface area contributed by atoms with Crippen molar-refractivity contribution in [3.8, 4) is 22.8 Å². The third-order valence-electron chi connectivity index (χ3n) is 4.49. The van der Waals surface area contributed by atoms with Crippen LogP contribution in [0.5, 0.6) is 0 Å². The third-order valence-corrected chi connectivity index (χ3v) is 5.02. The smallest absolute Gasteiger partial charge is 0.226 e. The van der Waals surface area contributed by atoms with Crippen molar-refractivity contribution in [1.82, 2.24) is 10.3 Å². The van der Waals surface area contributed by atoms with Gasteiger partial charge in [0.2, 0.25) is 11.8 Å². The average Bonchev–Trinajstić information content (AvgIpc) is 3.35. The van der Waals surface area contributed by atoms with E-state index < -0.39 is 0 Å². The van der Waals surface area contributed by atoms with E-state index in [4.69, 9.17) is 8.83 Å². The van der Waals surface area contributed by atoms with Gasteiger partial charge in [-0.05, 0) is 43.3 Å². The molecule has 146 valence electrons. The summed E-state index contributed by atoms with van der Waals surface area (Å²) >= 11 is 3.42. The van der Waals surface area contributed by atoms with Crippen molar-refractivity contribution < 1.29 is 13.6 Å². The molecule has 4 rings (SSSR count). The Hall–Kier alpha value is -3.12. The van der Waals surface area contributed by atoms with Crippen LogP contribution in [0, 0.1) is 6.92 Å². The average molecular weight is 451 g/mol. The molecule has 6 heteroatoms. The zero-order valence-electron chi connectivity index (χ0n) is 15.8. The van der Waals surface area contributed by atoms with Gasteiger partial charge in [-0.1, -0.05) is 46.3 Å². The Labute approximate surface area is 176 Å². The van der Waals surface area contributed by atoms with Crippen molar-refractivity contribution in [2.45, 2.75) is 19.9 Å². The molecular weight excluding hydrogens is 432 g/mol. The van der Waals surface area contributed by atoms with Gasteiger partial charge in [-0.25, -0.2) is 4.98 Å². The van der Waals surface area contributed by atoms with Gasteiger partial charge in [0.15, 0.2) is 0 Å². The van der Waals surface area contributed by atoms with E-state index in [1.807, 2.05) is 73.7 Å². The summed E-state index contributed by atoms with van der Waals surface area (Å²) in [6, 6.07) is 21.3. The lowest BCUT2D eigenvalue weighted by Crippen LogP contribution is -2.24. The van der Waals surface area contributed by atoms with E-state index in [9.17, 15) is 4.79 Å². The Morgan fingerprint density at radius 1 is 0.966 bits per heavy atom. The van der Waals surface area contributed by atoms with Crippen LogP contribution < -0.4 is 5.32 Å². The minimum Gasteiger partial charge on any atom is -0.459 e. The first kappa shape index (κ1) is 19.2. The van der Waals surface area contributed by atoms with Crippen LogP contribution in [0.4, 0.5) is 0 Å². The highest BCUT2D eigenvalue weighted by Gasteiger charge is 2.15. The number of benzene rings is 2. The number of hydrogen-bond donors (Lipinski definition) is 1. The summed E-state index contributed by atoms with van der Waals surface area (Å²) in [5.41, 5.74) is 2.51. The van der Waals surface area contributed by atoms with E-state index in [1.165, 1.54) is 0 Å². The fraction of sp³-hybridized carbons (Fsp3) is 0.130. The first-order valence-corrected chi connectivity index (χ1v) is 10.0. The monoisotopic (exact) mass is 450 g/mol. The first-order valence-electron chi connectivity index (χ1n) is 9.21. The van der Waals surface area contributed by atoms with Crippen molar-refractivity contribution in [3.63, 3.8) is 0 Å². The van der Waals surface area contributed by atoms with Crippen LogP contribution in [-0.4, -0.2) is 10.9 Å². The van der Waals surface area contributed by atoms with E-state index in [-0.39, 0.29) is 12.3 Å². The fourth-order valence-corrected chi connectivity index (χ4v) is 3.20. The maximum absolute atomic E-state index is 12.4. The molecule has 1 N–H and O–H groups in total. The molecule has 0 saturated carbocycles. The molecule has 5 nitrogen and oxygen atoms in total. The normalized spacial score (nSPS) is 10.8. The Bertz CT molecular complexity index is 1110. The summed E-state index contributed by atoms with van der Waals surface area (Å²) < 4.78 is 12.6. The van der Waals surface area contributed by atoms with Gasteiger partial charge < -0.3 is 14.2 Å². The molecule has 0 aliphatic rings. The van der Waals surface area contributed by atoms with Gasteiger partial charge in [-0.2, -0.15) is 0 Å². The highest BCUT2D eigenvalue weighted by atomic mass is 79.9. The molecule has 0 aliphatic heterocycles. The van der Waals surface area contributed by atoms with Crippen LogP contribution in [0.15, 0.2) is 80.0 Å². The van der Waals surface area contributed by atoms with Crippen molar-refractivity contribution >= 4 is 21.8 Å². The number of amides is 1. The molecule has 0 unspecified atom stereocenters. The number of carbonyl (C=O) groups excluding carboxylic acids is 1. The van der Waals surface area contributed by atoms with E-state index in [0.29, 0.717) is 29.6 Å². The topological polar surface area (TPSA) is 68.3 Å². The fourth-order valence-electron chi connectivity index (χ4n) is 2.94. The van der Waals surface area contributed by atoms with E-state index in [1.54, 1.807) is 0 Å². The molecule has 0 fully saturated rings. The molecule has 2 aromatic carbocycles. The van der Waals surface area contributed by atoms with E-state index in [2.05, 4.69) is 26.2 Å². The lowest BCUT2D eigenvalue weighted by Gasteiger charge is -2.02. The maximum atomic E-state index is 12.4. The Balaban J connectivity index is 1.36. The summed E-state index contributed by atoms with van der Waals surface area (Å²) in [4.78, 5) is 16.8. The van der Waals surface area contributed by atoms with Crippen LogP contribution in [0.3, 0.4) is 0 Å². The molecule has 29 heavy (non-hydrogen) atoms. The van der Waals surface area contributed by atoms with Gasteiger partial charge in [-0.3, -0.25) is 4.79 Å². The lowest BCUT2D eigenvalue weighted by molar-refractivity contribution is -0.120. The summed E-state index contributed by atoms with van der Waals surface area (Å²) in [5.74, 6) is 2.49. The Morgan fingerprint density at radius 3 is 2.48 bits per heavy atom. The number of oxazole rings is 1. The molecule has 2 aromatic heterocycles. The first-order chi connectivity index (χ1) is 14.1. The number of furan rings is 1. The zero-order valence-corrected chi connectivity index (χ0v) is 17.4. The number of aromatic nitrogens is 1. The second-order valence-electron chi connectivity index (χ2n) is 6.61. The van der Waals surface area contributed by atoms with E-state index >= 15 is 0 Å². The molecule has 2 heterocycles. The molecule has 0 atom stereocenters. The largest absolute Gasteiger partial charge is 0.459 e. The van der Waals surface area contributed by atoms with Gasteiger partial charge in [0.05, 0.1) is 18.7 Å². The predicted octanol–water partition coefficient (Wildman–Crippen LogP) is 5.53. The van der Waals surface area contributed by atoms with Gasteiger partial charge in [0.1, 0.15) is 17.3 Å². The minimum atomic E-state index is -0.136. The summed E-state index contributed by atoms with van der Waals surface area (Å²) in [5, 5.41) is 2.88. The van der Waals surface area contributed by atoms with Gasteiger partial charge in [0.25, 0.3) is 0 Å². The SMILES string of the molecule is Cc1oc(-c2ccccc2)nc1CC(=O)NCc1ccc(-c2ccc(Br)cc2)o1. The van der Waals surface area contributed by atoms with Crippen molar-refractivity contribution in [3.05, 3.63) is 88.4 Å². The van der Waals surface area contributed by atoms with Gasteiger partial charge in [0, 0.05) is 15.6 Å². The third kappa shape index (κ3) is 4.66. The Morgan fingerprint density at radius 2 is 1.72 bits per heavy atom. The van der Waals surface area contributed by atoms with Crippen molar-refractivity contribution in [2.24, 2.45) is 0 Å². The van der Waals surface area contributed by atoms with Gasteiger partial charge >= 0.3 is 0 Å². The number of nitrogens with one attached hydrogen (secondary N) is 1. The number of aryl methyl sites for hydroxylation is 1.